The minimum atomic E-state index is -1.18. The summed E-state index contributed by atoms with van der Waals surface area (Å²) in [5.74, 6) is -1.58. The maximum atomic E-state index is 13.1. The fourth-order valence-corrected chi connectivity index (χ4v) is 3.26. The van der Waals surface area contributed by atoms with Crippen LogP contribution in [0.5, 0.6) is 0 Å². The zero-order valence-electron chi connectivity index (χ0n) is 12.7. The first-order chi connectivity index (χ1) is 11.4. The average molecular weight is 347 g/mol. The maximum absolute atomic E-state index is 13.1. The summed E-state index contributed by atoms with van der Waals surface area (Å²) in [5, 5.41) is 8.65. The molecule has 0 bridgehead atoms. The molecule has 1 atom stereocenters. The van der Waals surface area contributed by atoms with E-state index >= 15 is 0 Å². The Labute approximate surface area is 141 Å². The molecule has 124 valence electrons. The van der Waals surface area contributed by atoms with Crippen molar-refractivity contribution in [2.45, 2.75) is 12.5 Å². The number of thiophene rings is 1. The monoisotopic (exact) mass is 347 g/mol. The Hall–Kier alpha value is -2.74. The number of carbonyl (C=O) groups excluding carboxylic acids is 3. The van der Waals surface area contributed by atoms with Crippen LogP contribution in [0.2, 0.25) is 0 Å². The molecule has 1 aliphatic heterocycles. The zero-order chi connectivity index (χ0) is 17.3. The molecule has 6 nitrogen and oxygen atoms in total. The molecule has 0 spiro atoms. The van der Waals surface area contributed by atoms with Gasteiger partial charge < -0.3 is 10.6 Å². The molecule has 24 heavy (non-hydrogen) atoms. The highest BCUT2D eigenvalue weighted by Crippen LogP contribution is 2.30. The first kappa shape index (κ1) is 16.1. The average Bonchev–Trinajstić information content (AvgIpc) is 3.12. The van der Waals surface area contributed by atoms with Gasteiger partial charge >= 0.3 is 6.03 Å². The molecule has 1 aromatic heterocycles. The molecule has 0 saturated carbocycles. The molecule has 1 aromatic carbocycles. The maximum Gasteiger partial charge on any atom is 0.325 e. The summed E-state index contributed by atoms with van der Waals surface area (Å²) in [6.45, 7) is 1.15. The summed E-state index contributed by atoms with van der Waals surface area (Å²) in [6.07, 6.45) is 0. The first-order valence-electron chi connectivity index (χ1n) is 7.12. The third kappa shape index (κ3) is 2.88. The van der Waals surface area contributed by atoms with Gasteiger partial charge in [-0.25, -0.2) is 9.18 Å². The number of nitrogens with zero attached hydrogens (tertiary/aromatic N) is 1. The van der Waals surface area contributed by atoms with E-state index < -0.39 is 35.7 Å². The number of benzene rings is 1. The van der Waals surface area contributed by atoms with Crippen LogP contribution < -0.4 is 10.6 Å². The molecule has 2 heterocycles. The lowest BCUT2D eigenvalue weighted by molar-refractivity contribution is -0.133. The molecule has 0 aliphatic carbocycles. The van der Waals surface area contributed by atoms with Crippen LogP contribution in [0.25, 0.3) is 0 Å². The van der Waals surface area contributed by atoms with Gasteiger partial charge in [0.15, 0.2) is 0 Å². The predicted octanol–water partition coefficient (Wildman–Crippen LogP) is 2.29. The lowest BCUT2D eigenvalue weighted by Crippen LogP contribution is -2.41. The predicted molar refractivity (Wildman–Crippen MR) is 86.9 cm³/mol. The Morgan fingerprint density at radius 2 is 2.17 bits per heavy atom. The fraction of sp³-hybridized carbons (Fsp3) is 0.188. The number of nitrogens with one attached hydrogen (secondary N) is 2. The molecule has 2 aromatic rings. The van der Waals surface area contributed by atoms with Crippen molar-refractivity contribution in [3.8, 4) is 0 Å². The highest BCUT2D eigenvalue weighted by atomic mass is 32.1. The zero-order valence-corrected chi connectivity index (χ0v) is 13.5. The number of urea groups is 1. The lowest BCUT2D eigenvalue weighted by Gasteiger charge is -2.20. The quantitative estimate of drug-likeness (QED) is 0.833. The third-order valence-electron chi connectivity index (χ3n) is 3.78. The van der Waals surface area contributed by atoms with Gasteiger partial charge in [0.05, 0.1) is 0 Å². The fourth-order valence-electron chi connectivity index (χ4n) is 2.50. The largest absolute Gasteiger partial charge is 0.325 e. The molecular formula is C16H14FN3O3S. The second kappa shape index (κ2) is 6.04. The van der Waals surface area contributed by atoms with Gasteiger partial charge in [-0.05, 0) is 47.5 Å². The van der Waals surface area contributed by atoms with Gasteiger partial charge in [-0.3, -0.25) is 14.5 Å². The minimum absolute atomic E-state index is 0.257. The number of hydrogen-bond acceptors (Lipinski definition) is 4. The van der Waals surface area contributed by atoms with E-state index in [1.807, 2.05) is 0 Å². The second-order valence-corrected chi connectivity index (χ2v) is 6.30. The summed E-state index contributed by atoms with van der Waals surface area (Å²) < 4.78 is 13.1. The summed E-state index contributed by atoms with van der Waals surface area (Å²) in [6, 6.07) is 6.48. The van der Waals surface area contributed by atoms with Crippen LogP contribution in [-0.2, 0) is 15.1 Å². The normalized spacial score (nSPS) is 20.2. The Balaban J connectivity index is 1.72. The summed E-state index contributed by atoms with van der Waals surface area (Å²) in [7, 11) is 0. The van der Waals surface area contributed by atoms with E-state index in [0.717, 1.165) is 11.0 Å². The van der Waals surface area contributed by atoms with E-state index in [4.69, 9.17) is 0 Å². The number of rotatable bonds is 4. The summed E-state index contributed by atoms with van der Waals surface area (Å²) in [5.41, 5.74) is -0.262. The smallest absolute Gasteiger partial charge is 0.324 e. The molecule has 3 rings (SSSR count). The molecule has 8 heteroatoms. The third-order valence-corrected chi connectivity index (χ3v) is 4.47. The van der Waals surface area contributed by atoms with Crippen molar-refractivity contribution in [2.75, 3.05) is 11.9 Å². The first-order valence-corrected chi connectivity index (χ1v) is 8.06. The molecule has 0 radical (unpaired) electrons. The lowest BCUT2D eigenvalue weighted by atomic mass is 9.95. The van der Waals surface area contributed by atoms with Crippen LogP contribution in [-0.4, -0.2) is 29.3 Å². The standard InChI is InChI=1S/C16H14FN3O3S/c1-16(10-5-6-24-9-10)14(22)20(15(23)19-16)8-13(21)18-12-4-2-3-11(17)7-12/h2-7,9H,8H2,1H3,(H,18,21)(H,19,23)/t16-/m1/s1. The Morgan fingerprint density at radius 3 is 2.83 bits per heavy atom. The second-order valence-electron chi connectivity index (χ2n) is 5.52. The number of amides is 4. The van der Waals surface area contributed by atoms with Gasteiger partial charge in [0, 0.05) is 5.69 Å². The van der Waals surface area contributed by atoms with Crippen LogP contribution in [0.1, 0.15) is 12.5 Å². The number of anilines is 1. The van der Waals surface area contributed by atoms with Gasteiger partial charge in [0.25, 0.3) is 5.91 Å². The molecular weight excluding hydrogens is 333 g/mol. The van der Waals surface area contributed by atoms with E-state index in [0.29, 0.717) is 5.56 Å². The molecule has 4 amide bonds. The van der Waals surface area contributed by atoms with Crippen molar-refractivity contribution < 1.29 is 18.8 Å². The van der Waals surface area contributed by atoms with Crippen LogP contribution in [0, 0.1) is 5.82 Å². The van der Waals surface area contributed by atoms with Crippen molar-refractivity contribution in [3.63, 3.8) is 0 Å². The van der Waals surface area contributed by atoms with Gasteiger partial charge in [-0.1, -0.05) is 6.07 Å². The van der Waals surface area contributed by atoms with Crippen molar-refractivity contribution in [2.24, 2.45) is 0 Å². The van der Waals surface area contributed by atoms with Crippen LogP contribution in [0.15, 0.2) is 41.1 Å². The van der Waals surface area contributed by atoms with Crippen molar-refractivity contribution in [1.29, 1.82) is 0 Å². The SMILES string of the molecule is C[C@]1(c2ccsc2)NC(=O)N(CC(=O)Nc2cccc(F)c2)C1=O. The molecule has 0 unspecified atom stereocenters. The van der Waals surface area contributed by atoms with E-state index in [1.165, 1.54) is 29.5 Å². The molecule has 1 aliphatic rings. The van der Waals surface area contributed by atoms with Crippen LogP contribution >= 0.6 is 11.3 Å². The number of hydrogen-bond donors (Lipinski definition) is 2. The molecule has 1 saturated heterocycles. The minimum Gasteiger partial charge on any atom is -0.324 e. The Bertz CT molecular complexity index is 809. The van der Waals surface area contributed by atoms with Crippen LogP contribution in [0.3, 0.4) is 0 Å². The van der Waals surface area contributed by atoms with Gasteiger partial charge in [-0.2, -0.15) is 11.3 Å². The molecule has 1 fully saturated rings. The number of imide groups is 1. The topological polar surface area (TPSA) is 78.5 Å². The van der Waals surface area contributed by atoms with Crippen molar-refractivity contribution in [3.05, 3.63) is 52.5 Å². The van der Waals surface area contributed by atoms with E-state index in [1.54, 1.807) is 23.8 Å². The summed E-state index contributed by atoms with van der Waals surface area (Å²) in [4.78, 5) is 37.6. The van der Waals surface area contributed by atoms with E-state index in [-0.39, 0.29) is 5.69 Å². The van der Waals surface area contributed by atoms with Crippen molar-refractivity contribution in [1.82, 2.24) is 10.2 Å². The highest BCUT2D eigenvalue weighted by Gasteiger charge is 2.49. The number of carbonyl (C=O) groups is 3. The Kier molecular flexibility index (Phi) is 4.06. The van der Waals surface area contributed by atoms with Crippen molar-refractivity contribution >= 4 is 34.9 Å². The van der Waals surface area contributed by atoms with Gasteiger partial charge in [0.1, 0.15) is 17.9 Å². The number of halogens is 1. The van der Waals surface area contributed by atoms with Crippen LogP contribution in [0.4, 0.5) is 14.9 Å². The van der Waals surface area contributed by atoms with Gasteiger partial charge in [-0.15, -0.1) is 0 Å². The Morgan fingerprint density at radius 1 is 1.38 bits per heavy atom. The van der Waals surface area contributed by atoms with E-state index in [2.05, 4.69) is 10.6 Å². The highest BCUT2D eigenvalue weighted by molar-refractivity contribution is 7.08. The van der Waals surface area contributed by atoms with Gasteiger partial charge in [0.2, 0.25) is 5.91 Å². The van der Waals surface area contributed by atoms with E-state index in [9.17, 15) is 18.8 Å². The molecule has 2 N–H and O–H groups in total. The summed E-state index contributed by atoms with van der Waals surface area (Å²) >= 11 is 1.41.